The number of aromatic amines is 1. The molecule has 3 rings (SSSR count). The Morgan fingerprint density at radius 1 is 1.15 bits per heavy atom. The highest BCUT2D eigenvalue weighted by Gasteiger charge is 2.12. The number of H-pyrrole nitrogens is 1. The van der Waals surface area contributed by atoms with E-state index in [2.05, 4.69) is 15.3 Å². The van der Waals surface area contributed by atoms with Crippen LogP contribution in [0.15, 0.2) is 42.5 Å². The number of carbonyl (C=O) groups is 1. The van der Waals surface area contributed by atoms with Crippen LogP contribution in [0.4, 0.5) is 0 Å². The second-order valence-corrected chi connectivity index (χ2v) is 6.09. The third-order valence-electron chi connectivity index (χ3n) is 3.93. The summed E-state index contributed by atoms with van der Waals surface area (Å²) < 4.78 is 11.3. The number of carbonyl (C=O) groups excluding carboxylic acids is 1. The van der Waals surface area contributed by atoms with Crippen LogP contribution in [0.25, 0.3) is 11.0 Å². The van der Waals surface area contributed by atoms with Crippen LogP contribution in [0.2, 0.25) is 0 Å². The zero-order valence-corrected chi connectivity index (χ0v) is 15.2. The van der Waals surface area contributed by atoms with Crippen LogP contribution in [0.1, 0.15) is 38.2 Å². The van der Waals surface area contributed by atoms with E-state index in [1.54, 1.807) is 0 Å². The summed E-state index contributed by atoms with van der Waals surface area (Å²) in [5.41, 5.74) is 2.82. The third-order valence-corrected chi connectivity index (χ3v) is 3.93. The van der Waals surface area contributed by atoms with Gasteiger partial charge in [-0.15, -0.1) is 0 Å². The van der Waals surface area contributed by atoms with Gasteiger partial charge in [0.05, 0.1) is 23.7 Å². The molecule has 2 N–H and O–H groups in total. The number of imidazole rings is 1. The number of hydrogen-bond donors (Lipinski definition) is 2. The van der Waals surface area contributed by atoms with Crippen molar-refractivity contribution >= 4 is 16.9 Å². The smallest absolute Gasteiger partial charge is 0.217 e. The zero-order valence-electron chi connectivity index (χ0n) is 15.2. The molecule has 1 atom stereocenters. The molecule has 0 aliphatic heterocycles. The minimum atomic E-state index is -0.163. The highest BCUT2D eigenvalue weighted by molar-refractivity contribution is 5.76. The van der Waals surface area contributed by atoms with Gasteiger partial charge >= 0.3 is 0 Å². The van der Waals surface area contributed by atoms with Gasteiger partial charge in [0.25, 0.3) is 0 Å². The highest BCUT2D eigenvalue weighted by atomic mass is 16.5. The molecular weight excluding hydrogens is 330 g/mol. The van der Waals surface area contributed by atoms with Gasteiger partial charge in [-0.1, -0.05) is 6.07 Å². The Bertz CT molecular complexity index is 887. The van der Waals surface area contributed by atoms with E-state index in [-0.39, 0.29) is 11.9 Å². The standard InChI is InChI=1S/C20H23N3O3/c1-4-25-16-6-8-17(9-7-16)26-12-15-5-10-18-19(11-15)23-20(22-18)13(2)21-14(3)24/h5-11,13H,4,12H2,1-3H3,(H,21,24)(H,22,23). The van der Waals surface area contributed by atoms with Crippen molar-refractivity contribution in [1.82, 2.24) is 15.3 Å². The molecule has 0 spiro atoms. The number of nitrogens with zero attached hydrogens (tertiary/aromatic N) is 1. The average Bonchev–Trinajstić information content (AvgIpc) is 3.04. The molecule has 1 amide bonds. The van der Waals surface area contributed by atoms with E-state index in [1.165, 1.54) is 6.92 Å². The number of fused-ring (bicyclic) bond motifs is 1. The van der Waals surface area contributed by atoms with Crippen LogP contribution in [0, 0.1) is 0 Å². The van der Waals surface area contributed by atoms with Crippen LogP contribution in [0.3, 0.4) is 0 Å². The minimum Gasteiger partial charge on any atom is -0.494 e. The lowest BCUT2D eigenvalue weighted by Gasteiger charge is -2.08. The highest BCUT2D eigenvalue weighted by Crippen LogP contribution is 2.21. The summed E-state index contributed by atoms with van der Waals surface area (Å²) in [5, 5.41) is 2.83. The third kappa shape index (κ3) is 4.33. The summed E-state index contributed by atoms with van der Waals surface area (Å²) >= 11 is 0. The molecule has 1 heterocycles. The van der Waals surface area contributed by atoms with E-state index in [4.69, 9.17) is 9.47 Å². The Morgan fingerprint density at radius 2 is 1.85 bits per heavy atom. The Kier molecular flexibility index (Phi) is 5.41. The van der Waals surface area contributed by atoms with Gasteiger partial charge in [0.15, 0.2) is 0 Å². The number of rotatable bonds is 7. The molecule has 0 fully saturated rings. The first-order valence-electron chi connectivity index (χ1n) is 8.66. The maximum Gasteiger partial charge on any atom is 0.217 e. The van der Waals surface area contributed by atoms with Crippen molar-refractivity contribution in [3.63, 3.8) is 0 Å². The van der Waals surface area contributed by atoms with Gasteiger partial charge in [0.2, 0.25) is 5.91 Å². The number of ether oxygens (including phenoxy) is 2. The molecule has 0 saturated carbocycles. The molecule has 0 aliphatic carbocycles. The monoisotopic (exact) mass is 353 g/mol. The van der Waals surface area contributed by atoms with Crippen molar-refractivity contribution in [3.8, 4) is 11.5 Å². The molecule has 0 radical (unpaired) electrons. The lowest BCUT2D eigenvalue weighted by atomic mass is 10.2. The molecular formula is C20H23N3O3. The topological polar surface area (TPSA) is 76.2 Å². The van der Waals surface area contributed by atoms with E-state index in [9.17, 15) is 4.79 Å². The molecule has 2 aromatic carbocycles. The number of hydrogen-bond acceptors (Lipinski definition) is 4. The number of benzene rings is 2. The Labute approximate surface area is 152 Å². The van der Waals surface area contributed by atoms with Gasteiger partial charge in [0.1, 0.15) is 23.9 Å². The van der Waals surface area contributed by atoms with E-state index in [1.807, 2.05) is 56.3 Å². The second-order valence-electron chi connectivity index (χ2n) is 6.09. The molecule has 1 aromatic heterocycles. The van der Waals surface area contributed by atoms with Crippen LogP contribution >= 0.6 is 0 Å². The van der Waals surface area contributed by atoms with Crippen molar-refractivity contribution in [3.05, 3.63) is 53.9 Å². The van der Waals surface area contributed by atoms with Crippen molar-refractivity contribution in [2.24, 2.45) is 0 Å². The summed E-state index contributed by atoms with van der Waals surface area (Å²) in [5.74, 6) is 2.28. The number of aromatic nitrogens is 2. The first-order chi connectivity index (χ1) is 12.5. The summed E-state index contributed by atoms with van der Waals surface area (Å²) in [6.07, 6.45) is 0. The average molecular weight is 353 g/mol. The molecule has 1 unspecified atom stereocenters. The molecule has 6 nitrogen and oxygen atoms in total. The molecule has 0 bridgehead atoms. The van der Waals surface area contributed by atoms with E-state index in [0.717, 1.165) is 33.9 Å². The fourth-order valence-corrected chi connectivity index (χ4v) is 2.71. The minimum absolute atomic E-state index is 0.0811. The Morgan fingerprint density at radius 3 is 2.50 bits per heavy atom. The molecule has 0 aliphatic rings. The maximum absolute atomic E-state index is 11.2. The van der Waals surface area contributed by atoms with E-state index in [0.29, 0.717) is 13.2 Å². The fourth-order valence-electron chi connectivity index (χ4n) is 2.71. The molecule has 26 heavy (non-hydrogen) atoms. The van der Waals surface area contributed by atoms with Crippen molar-refractivity contribution < 1.29 is 14.3 Å². The van der Waals surface area contributed by atoms with E-state index < -0.39 is 0 Å². The number of nitrogens with one attached hydrogen (secondary N) is 2. The largest absolute Gasteiger partial charge is 0.494 e. The van der Waals surface area contributed by atoms with E-state index >= 15 is 0 Å². The quantitative estimate of drug-likeness (QED) is 0.678. The van der Waals surface area contributed by atoms with Gasteiger partial charge in [-0.25, -0.2) is 4.98 Å². The number of amides is 1. The fraction of sp³-hybridized carbons (Fsp3) is 0.300. The maximum atomic E-state index is 11.2. The van der Waals surface area contributed by atoms with Crippen LogP contribution in [0.5, 0.6) is 11.5 Å². The summed E-state index contributed by atoms with van der Waals surface area (Å²) in [4.78, 5) is 19.0. The normalized spacial score (nSPS) is 12.0. The van der Waals surface area contributed by atoms with Crippen LogP contribution in [-0.2, 0) is 11.4 Å². The Hall–Kier alpha value is -3.02. The molecule has 3 aromatic rings. The SMILES string of the molecule is CCOc1ccc(OCc2ccc3nc(C(C)NC(C)=O)[nH]c3c2)cc1. The summed E-state index contributed by atoms with van der Waals surface area (Å²) in [6.45, 7) is 6.45. The molecule has 0 saturated heterocycles. The van der Waals surface area contributed by atoms with Crippen molar-refractivity contribution in [2.45, 2.75) is 33.4 Å². The summed E-state index contributed by atoms with van der Waals surface area (Å²) in [7, 11) is 0. The molecule has 136 valence electrons. The predicted octanol–water partition coefficient (Wildman–Crippen LogP) is 3.74. The zero-order chi connectivity index (χ0) is 18.5. The van der Waals surface area contributed by atoms with Crippen LogP contribution < -0.4 is 14.8 Å². The van der Waals surface area contributed by atoms with Crippen molar-refractivity contribution in [2.75, 3.05) is 6.61 Å². The first-order valence-corrected chi connectivity index (χ1v) is 8.66. The van der Waals surface area contributed by atoms with Crippen LogP contribution in [-0.4, -0.2) is 22.5 Å². The Balaban J connectivity index is 1.67. The van der Waals surface area contributed by atoms with Gasteiger partial charge in [0, 0.05) is 6.92 Å². The first kappa shape index (κ1) is 17.8. The summed E-state index contributed by atoms with van der Waals surface area (Å²) in [6, 6.07) is 13.4. The van der Waals surface area contributed by atoms with Gasteiger partial charge < -0.3 is 19.8 Å². The molecule has 6 heteroatoms. The second kappa shape index (κ2) is 7.91. The lowest BCUT2D eigenvalue weighted by molar-refractivity contribution is -0.119. The van der Waals surface area contributed by atoms with Gasteiger partial charge in [-0.05, 0) is 55.8 Å². The lowest BCUT2D eigenvalue weighted by Crippen LogP contribution is -2.24. The van der Waals surface area contributed by atoms with Gasteiger partial charge in [-0.3, -0.25) is 4.79 Å². The van der Waals surface area contributed by atoms with Crippen molar-refractivity contribution in [1.29, 1.82) is 0 Å². The predicted molar refractivity (Wildman–Crippen MR) is 100 cm³/mol. The van der Waals surface area contributed by atoms with Gasteiger partial charge in [-0.2, -0.15) is 0 Å².